The number of hydrogen-bond donors (Lipinski definition) is 2. The van der Waals surface area contributed by atoms with E-state index in [4.69, 9.17) is 0 Å². The SMILES string of the molecule is CCN(CC)S(=O)(=O)c1cccc(C(=O)NNC(=O)c2csc(-c3ccc(C)cc3C)n2)c1. The van der Waals surface area contributed by atoms with Gasteiger partial charge in [0, 0.05) is 29.6 Å². The van der Waals surface area contributed by atoms with Gasteiger partial charge in [-0.2, -0.15) is 4.31 Å². The second-order valence-corrected chi connectivity index (χ2v) is 10.2. The van der Waals surface area contributed by atoms with Crippen LogP contribution in [0.4, 0.5) is 0 Å². The molecule has 10 heteroatoms. The van der Waals surface area contributed by atoms with Gasteiger partial charge in [0.15, 0.2) is 0 Å². The molecule has 0 fully saturated rings. The Morgan fingerprint density at radius 2 is 1.70 bits per heavy atom. The number of carbonyl (C=O) groups is 2. The van der Waals surface area contributed by atoms with Crippen LogP contribution >= 0.6 is 11.3 Å². The van der Waals surface area contributed by atoms with Gasteiger partial charge in [-0.05, 0) is 37.6 Å². The fraction of sp³-hybridized carbons (Fsp3) is 0.261. The Bertz CT molecular complexity index is 1280. The molecular weight excluding hydrogens is 460 g/mol. The summed E-state index contributed by atoms with van der Waals surface area (Å²) in [7, 11) is -3.70. The third-order valence-corrected chi connectivity index (χ3v) is 8.00. The van der Waals surface area contributed by atoms with E-state index >= 15 is 0 Å². The molecule has 0 saturated heterocycles. The molecule has 3 rings (SSSR count). The van der Waals surface area contributed by atoms with Crippen molar-refractivity contribution in [2.45, 2.75) is 32.6 Å². The number of aromatic nitrogens is 1. The Balaban J connectivity index is 1.69. The highest BCUT2D eigenvalue weighted by molar-refractivity contribution is 7.89. The van der Waals surface area contributed by atoms with Crippen molar-refractivity contribution >= 4 is 33.2 Å². The first kappa shape index (κ1) is 24.6. The number of benzene rings is 2. The van der Waals surface area contributed by atoms with Gasteiger partial charge in [-0.1, -0.05) is 43.7 Å². The molecular formula is C23H26N4O4S2. The number of amides is 2. The molecule has 0 spiro atoms. The largest absolute Gasteiger partial charge is 0.289 e. The number of nitrogens with zero attached hydrogens (tertiary/aromatic N) is 2. The smallest absolute Gasteiger partial charge is 0.267 e. The third-order valence-electron chi connectivity index (χ3n) is 5.08. The fourth-order valence-electron chi connectivity index (χ4n) is 3.32. The molecule has 0 radical (unpaired) electrons. The average Bonchev–Trinajstić information content (AvgIpc) is 3.28. The second-order valence-electron chi connectivity index (χ2n) is 7.38. The van der Waals surface area contributed by atoms with Crippen LogP contribution in [0.3, 0.4) is 0 Å². The van der Waals surface area contributed by atoms with Crippen LogP contribution in [-0.4, -0.2) is 42.6 Å². The third kappa shape index (κ3) is 5.47. The van der Waals surface area contributed by atoms with Gasteiger partial charge < -0.3 is 0 Å². The van der Waals surface area contributed by atoms with E-state index in [-0.39, 0.29) is 16.2 Å². The molecule has 1 heterocycles. The van der Waals surface area contributed by atoms with Crippen LogP contribution in [0.25, 0.3) is 10.6 Å². The standard InChI is InChI=1S/C23H26N4O4S2/c1-5-27(6-2)33(30,31)18-9-7-8-17(13-18)21(28)25-26-22(29)20-14-32-23(24-20)19-11-10-15(3)12-16(19)4/h7-14H,5-6H2,1-4H3,(H,25,28)(H,26,29). The molecule has 33 heavy (non-hydrogen) atoms. The lowest BCUT2D eigenvalue weighted by molar-refractivity contribution is 0.0844. The molecule has 0 aliphatic rings. The zero-order chi connectivity index (χ0) is 24.2. The monoisotopic (exact) mass is 486 g/mol. The van der Waals surface area contributed by atoms with Crippen LogP contribution in [0.5, 0.6) is 0 Å². The van der Waals surface area contributed by atoms with Crippen LogP contribution in [0.1, 0.15) is 45.8 Å². The summed E-state index contributed by atoms with van der Waals surface area (Å²) in [6.45, 7) is 8.13. The summed E-state index contributed by atoms with van der Waals surface area (Å²) in [5.41, 5.74) is 8.08. The van der Waals surface area contributed by atoms with Crippen molar-refractivity contribution in [1.82, 2.24) is 20.1 Å². The predicted molar refractivity (Wildman–Crippen MR) is 129 cm³/mol. The molecule has 0 saturated carbocycles. The number of aryl methyl sites for hydroxylation is 2. The highest BCUT2D eigenvalue weighted by atomic mass is 32.2. The molecule has 0 atom stereocenters. The van der Waals surface area contributed by atoms with Crippen LogP contribution in [-0.2, 0) is 10.0 Å². The van der Waals surface area contributed by atoms with Crippen LogP contribution < -0.4 is 10.9 Å². The highest BCUT2D eigenvalue weighted by Gasteiger charge is 2.23. The number of rotatable bonds is 7. The van der Waals surface area contributed by atoms with Crippen LogP contribution in [0.15, 0.2) is 52.7 Å². The van der Waals surface area contributed by atoms with E-state index in [0.717, 1.165) is 16.7 Å². The molecule has 0 aliphatic carbocycles. The highest BCUT2D eigenvalue weighted by Crippen LogP contribution is 2.27. The van der Waals surface area contributed by atoms with E-state index in [1.807, 2.05) is 32.0 Å². The molecule has 3 aromatic rings. The van der Waals surface area contributed by atoms with E-state index < -0.39 is 21.8 Å². The number of hydrogen-bond acceptors (Lipinski definition) is 6. The van der Waals surface area contributed by atoms with Crippen molar-refractivity contribution in [2.24, 2.45) is 0 Å². The van der Waals surface area contributed by atoms with Crippen LogP contribution in [0, 0.1) is 13.8 Å². The maximum Gasteiger partial charge on any atom is 0.289 e. The summed E-state index contributed by atoms with van der Waals surface area (Å²) in [6, 6.07) is 11.7. The maximum absolute atomic E-state index is 12.7. The van der Waals surface area contributed by atoms with Gasteiger partial charge >= 0.3 is 0 Å². The Morgan fingerprint density at radius 1 is 1.00 bits per heavy atom. The van der Waals surface area contributed by atoms with E-state index in [1.54, 1.807) is 19.2 Å². The summed E-state index contributed by atoms with van der Waals surface area (Å²) >= 11 is 1.34. The van der Waals surface area contributed by atoms with E-state index in [0.29, 0.717) is 18.1 Å². The minimum atomic E-state index is -3.70. The summed E-state index contributed by atoms with van der Waals surface area (Å²) < 4.78 is 26.7. The minimum absolute atomic E-state index is 0.0165. The van der Waals surface area contributed by atoms with E-state index in [9.17, 15) is 18.0 Å². The van der Waals surface area contributed by atoms with Crippen molar-refractivity contribution in [3.63, 3.8) is 0 Å². The number of sulfonamides is 1. The molecule has 0 unspecified atom stereocenters. The minimum Gasteiger partial charge on any atom is -0.267 e. The molecule has 2 amide bonds. The van der Waals surface area contributed by atoms with Gasteiger partial charge in [0.1, 0.15) is 10.7 Å². The summed E-state index contributed by atoms with van der Waals surface area (Å²) in [5, 5.41) is 2.33. The van der Waals surface area contributed by atoms with E-state index in [2.05, 4.69) is 15.8 Å². The Labute approximate surface area is 197 Å². The Kier molecular flexibility index (Phi) is 7.62. The van der Waals surface area contributed by atoms with Crippen molar-refractivity contribution in [3.05, 3.63) is 70.2 Å². The normalized spacial score (nSPS) is 11.4. The summed E-state index contributed by atoms with van der Waals surface area (Å²) in [4.78, 5) is 29.4. The Morgan fingerprint density at radius 3 is 2.36 bits per heavy atom. The topological polar surface area (TPSA) is 108 Å². The number of hydrazine groups is 1. The first-order chi connectivity index (χ1) is 15.7. The lowest BCUT2D eigenvalue weighted by Crippen LogP contribution is -2.41. The molecule has 0 bridgehead atoms. The van der Waals surface area contributed by atoms with Gasteiger partial charge in [-0.3, -0.25) is 20.4 Å². The van der Waals surface area contributed by atoms with Crippen molar-refractivity contribution in [2.75, 3.05) is 13.1 Å². The molecule has 2 aromatic carbocycles. The number of carbonyl (C=O) groups excluding carboxylic acids is 2. The van der Waals surface area contributed by atoms with Gasteiger partial charge in [0.2, 0.25) is 10.0 Å². The van der Waals surface area contributed by atoms with Gasteiger partial charge in [-0.25, -0.2) is 13.4 Å². The van der Waals surface area contributed by atoms with Gasteiger partial charge in [0.05, 0.1) is 4.90 Å². The molecule has 2 N–H and O–H groups in total. The Hall–Kier alpha value is -3.08. The van der Waals surface area contributed by atoms with Crippen molar-refractivity contribution in [1.29, 1.82) is 0 Å². The zero-order valence-corrected chi connectivity index (χ0v) is 20.5. The molecule has 1 aromatic heterocycles. The van der Waals surface area contributed by atoms with Gasteiger partial charge in [-0.15, -0.1) is 11.3 Å². The lowest BCUT2D eigenvalue weighted by atomic mass is 10.1. The first-order valence-corrected chi connectivity index (χ1v) is 12.7. The fourth-order valence-corrected chi connectivity index (χ4v) is 5.71. The van der Waals surface area contributed by atoms with Crippen molar-refractivity contribution < 1.29 is 18.0 Å². The van der Waals surface area contributed by atoms with E-state index in [1.165, 1.54) is 39.9 Å². The lowest BCUT2D eigenvalue weighted by Gasteiger charge is -2.18. The molecule has 0 aliphatic heterocycles. The number of thiazole rings is 1. The molecule has 174 valence electrons. The predicted octanol–water partition coefficient (Wildman–Crippen LogP) is 3.53. The summed E-state index contributed by atoms with van der Waals surface area (Å²) in [5.74, 6) is -1.20. The average molecular weight is 487 g/mol. The van der Waals surface area contributed by atoms with Gasteiger partial charge in [0.25, 0.3) is 11.8 Å². The maximum atomic E-state index is 12.7. The van der Waals surface area contributed by atoms with Crippen LogP contribution in [0.2, 0.25) is 0 Å². The van der Waals surface area contributed by atoms with Crippen molar-refractivity contribution in [3.8, 4) is 10.6 Å². The first-order valence-electron chi connectivity index (χ1n) is 10.4. The zero-order valence-electron chi connectivity index (χ0n) is 18.9. The molecule has 8 nitrogen and oxygen atoms in total. The quantitative estimate of drug-likeness (QED) is 0.497. The number of nitrogens with one attached hydrogen (secondary N) is 2. The summed E-state index contributed by atoms with van der Waals surface area (Å²) in [6.07, 6.45) is 0. The second kappa shape index (κ2) is 10.2.